The molecule has 1 aliphatic heterocycles. The van der Waals surface area contributed by atoms with Crippen molar-refractivity contribution in [3.8, 4) is 11.5 Å². The van der Waals surface area contributed by atoms with E-state index in [1.165, 1.54) is 6.92 Å². The molecule has 1 aromatic rings. The molecule has 18 heavy (non-hydrogen) atoms. The van der Waals surface area contributed by atoms with Crippen molar-refractivity contribution in [2.45, 2.75) is 19.5 Å². The summed E-state index contributed by atoms with van der Waals surface area (Å²) in [5, 5.41) is 17.2. The zero-order valence-electron chi connectivity index (χ0n) is 9.83. The van der Waals surface area contributed by atoms with Gasteiger partial charge in [-0.25, -0.2) is 0 Å². The van der Waals surface area contributed by atoms with E-state index in [1.54, 1.807) is 18.2 Å². The smallest absolute Gasteiger partial charge is 0.264 e. The highest BCUT2D eigenvalue weighted by Gasteiger charge is 2.25. The Morgan fingerprint density at radius 1 is 1.39 bits per heavy atom. The fourth-order valence-electron chi connectivity index (χ4n) is 1.56. The van der Waals surface area contributed by atoms with E-state index in [0.717, 1.165) is 0 Å². The predicted octanol–water partition coefficient (Wildman–Crippen LogP) is 0.314. The van der Waals surface area contributed by atoms with Gasteiger partial charge in [0, 0.05) is 5.56 Å². The lowest BCUT2D eigenvalue weighted by atomic mass is 10.1. The van der Waals surface area contributed by atoms with Crippen molar-refractivity contribution >= 4 is 5.78 Å². The van der Waals surface area contributed by atoms with Crippen LogP contribution in [0.5, 0.6) is 11.5 Å². The highest BCUT2D eigenvalue weighted by atomic mass is 16.7. The Bertz CT molecular complexity index is 442. The molecule has 1 atom stereocenters. The Morgan fingerprint density at radius 3 is 2.78 bits per heavy atom. The molecule has 0 fully saturated rings. The number of ether oxygens (including phenoxy) is 3. The van der Waals surface area contributed by atoms with Crippen LogP contribution >= 0.6 is 0 Å². The third-order valence-corrected chi connectivity index (χ3v) is 2.39. The van der Waals surface area contributed by atoms with Crippen LogP contribution in [0.2, 0.25) is 0 Å². The Hall–Kier alpha value is -1.63. The topological polar surface area (TPSA) is 85.2 Å². The van der Waals surface area contributed by atoms with Crippen LogP contribution in [0.4, 0.5) is 0 Å². The number of aliphatic hydroxyl groups excluding tert-OH is 1. The predicted molar refractivity (Wildman–Crippen MR) is 60.5 cm³/mol. The summed E-state index contributed by atoms with van der Waals surface area (Å²) in [4.78, 5) is 11.2. The highest BCUT2D eigenvalue weighted by molar-refractivity contribution is 5.94. The van der Waals surface area contributed by atoms with Gasteiger partial charge in [-0.1, -0.05) is 0 Å². The molecule has 6 nitrogen and oxygen atoms in total. The van der Waals surface area contributed by atoms with E-state index in [-0.39, 0.29) is 19.0 Å². The molecule has 0 spiro atoms. The number of rotatable bonds is 5. The van der Waals surface area contributed by atoms with Gasteiger partial charge in [0.25, 0.3) is 6.29 Å². The molecule has 1 unspecified atom stereocenters. The SMILES string of the molecule is CC(=O)c1ccc2c(c1)OC(COCC(O)O)O2. The molecule has 2 N–H and O–H groups in total. The number of ketones is 1. The van der Waals surface area contributed by atoms with Crippen molar-refractivity contribution in [3.05, 3.63) is 23.8 Å². The van der Waals surface area contributed by atoms with E-state index >= 15 is 0 Å². The minimum Gasteiger partial charge on any atom is -0.448 e. The Balaban J connectivity index is 1.93. The standard InChI is InChI=1S/C12H14O6/c1-7(13)8-2-3-9-10(4-8)18-12(17-9)6-16-5-11(14)15/h2-4,11-12,14-15H,5-6H2,1H3. The summed E-state index contributed by atoms with van der Waals surface area (Å²) in [6.07, 6.45) is -2.15. The fourth-order valence-corrected chi connectivity index (χ4v) is 1.56. The summed E-state index contributed by atoms with van der Waals surface area (Å²) in [7, 11) is 0. The van der Waals surface area contributed by atoms with Crippen LogP contribution in [0.25, 0.3) is 0 Å². The molecule has 2 rings (SSSR count). The second-order valence-corrected chi connectivity index (χ2v) is 3.90. The van der Waals surface area contributed by atoms with Gasteiger partial charge in [-0.05, 0) is 25.1 Å². The lowest BCUT2D eigenvalue weighted by molar-refractivity contribution is -0.117. The first-order valence-electron chi connectivity index (χ1n) is 5.48. The summed E-state index contributed by atoms with van der Waals surface area (Å²) in [6, 6.07) is 4.93. The van der Waals surface area contributed by atoms with E-state index in [4.69, 9.17) is 24.4 Å². The van der Waals surface area contributed by atoms with E-state index in [9.17, 15) is 4.79 Å². The molecule has 0 radical (unpaired) electrons. The second kappa shape index (κ2) is 5.34. The molecule has 0 saturated carbocycles. The lowest BCUT2D eigenvalue weighted by Gasteiger charge is -2.11. The first-order valence-corrected chi connectivity index (χ1v) is 5.48. The Labute approximate surface area is 104 Å². The average molecular weight is 254 g/mol. The number of carbonyl (C=O) groups is 1. The summed E-state index contributed by atoms with van der Waals surface area (Å²) in [5.41, 5.74) is 0.546. The van der Waals surface area contributed by atoms with Gasteiger partial charge in [0.2, 0.25) is 0 Å². The Kier molecular flexibility index (Phi) is 3.81. The summed E-state index contributed by atoms with van der Waals surface area (Å²) in [5.74, 6) is 0.975. The summed E-state index contributed by atoms with van der Waals surface area (Å²) >= 11 is 0. The van der Waals surface area contributed by atoms with Crippen LogP contribution in [0.1, 0.15) is 17.3 Å². The first-order chi connectivity index (χ1) is 8.56. The van der Waals surface area contributed by atoms with E-state index in [1.807, 2.05) is 0 Å². The first kappa shape index (κ1) is 12.8. The van der Waals surface area contributed by atoms with E-state index in [0.29, 0.717) is 17.1 Å². The van der Waals surface area contributed by atoms with E-state index < -0.39 is 12.6 Å². The van der Waals surface area contributed by atoms with Crippen molar-refractivity contribution < 1.29 is 29.2 Å². The number of fused-ring (bicyclic) bond motifs is 1. The van der Waals surface area contributed by atoms with Crippen molar-refractivity contribution in [3.63, 3.8) is 0 Å². The maximum absolute atomic E-state index is 11.2. The number of benzene rings is 1. The molecule has 98 valence electrons. The molecule has 0 bridgehead atoms. The van der Waals surface area contributed by atoms with Gasteiger partial charge >= 0.3 is 0 Å². The lowest BCUT2D eigenvalue weighted by Crippen LogP contribution is -2.27. The Morgan fingerprint density at radius 2 is 2.11 bits per heavy atom. The zero-order chi connectivity index (χ0) is 13.1. The highest BCUT2D eigenvalue weighted by Crippen LogP contribution is 2.35. The number of aliphatic hydroxyl groups is 2. The molecule has 1 aromatic carbocycles. The second-order valence-electron chi connectivity index (χ2n) is 3.90. The number of hydrogen-bond donors (Lipinski definition) is 2. The molecular formula is C12H14O6. The van der Waals surface area contributed by atoms with Crippen molar-refractivity contribution in [1.29, 1.82) is 0 Å². The molecule has 0 aliphatic carbocycles. The van der Waals surface area contributed by atoms with Gasteiger partial charge in [0.1, 0.15) is 6.61 Å². The van der Waals surface area contributed by atoms with Gasteiger partial charge in [-0.2, -0.15) is 0 Å². The molecular weight excluding hydrogens is 240 g/mol. The number of carbonyl (C=O) groups excluding carboxylic acids is 1. The van der Waals surface area contributed by atoms with Gasteiger partial charge in [0.05, 0.1) is 6.61 Å². The molecule has 0 saturated heterocycles. The van der Waals surface area contributed by atoms with Crippen molar-refractivity contribution in [2.75, 3.05) is 13.2 Å². The average Bonchev–Trinajstić information content (AvgIpc) is 2.69. The fraction of sp³-hybridized carbons (Fsp3) is 0.417. The van der Waals surface area contributed by atoms with E-state index in [2.05, 4.69) is 0 Å². The van der Waals surface area contributed by atoms with Crippen LogP contribution in [0.3, 0.4) is 0 Å². The minimum atomic E-state index is -1.52. The molecule has 1 heterocycles. The number of Topliss-reactive ketones (excluding diaryl/α,β-unsaturated/α-hetero) is 1. The normalized spacial score (nSPS) is 17.2. The van der Waals surface area contributed by atoms with Gasteiger partial charge in [0.15, 0.2) is 23.6 Å². The minimum absolute atomic E-state index is 0.0514. The largest absolute Gasteiger partial charge is 0.448 e. The summed E-state index contributed by atoms with van der Waals surface area (Å²) < 4.78 is 15.8. The van der Waals surface area contributed by atoms with Gasteiger partial charge in [-0.3, -0.25) is 4.79 Å². The van der Waals surface area contributed by atoms with Gasteiger partial charge in [-0.15, -0.1) is 0 Å². The molecule has 6 heteroatoms. The quantitative estimate of drug-likeness (QED) is 0.581. The van der Waals surface area contributed by atoms with Crippen LogP contribution in [-0.2, 0) is 4.74 Å². The van der Waals surface area contributed by atoms with Crippen molar-refractivity contribution in [2.24, 2.45) is 0 Å². The zero-order valence-corrected chi connectivity index (χ0v) is 9.83. The van der Waals surface area contributed by atoms with Crippen LogP contribution in [0.15, 0.2) is 18.2 Å². The van der Waals surface area contributed by atoms with Crippen LogP contribution in [-0.4, -0.2) is 41.8 Å². The molecule has 1 aliphatic rings. The van der Waals surface area contributed by atoms with Crippen LogP contribution < -0.4 is 9.47 Å². The number of hydrogen-bond acceptors (Lipinski definition) is 6. The van der Waals surface area contributed by atoms with Crippen LogP contribution in [0, 0.1) is 0 Å². The molecule has 0 amide bonds. The third-order valence-electron chi connectivity index (χ3n) is 2.39. The molecule has 0 aromatic heterocycles. The maximum Gasteiger partial charge on any atom is 0.264 e. The monoisotopic (exact) mass is 254 g/mol. The third kappa shape index (κ3) is 2.98. The summed E-state index contributed by atoms with van der Waals surface area (Å²) in [6.45, 7) is 1.33. The van der Waals surface area contributed by atoms with Gasteiger partial charge < -0.3 is 24.4 Å². The van der Waals surface area contributed by atoms with Crippen molar-refractivity contribution in [1.82, 2.24) is 0 Å². The maximum atomic E-state index is 11.2.